The van der Waals surface area contributed by atoms with Crippen LogP contribution in [0.1, 0.15) is 24.2 Å². The molecule has 0 bridgehead atoms. The quantitative estimate of drug-likeness (QED) is 0.549. The Morgan fingerprint density at radius 1 is 1.00 bits per heavy atom. The van der Waals surface area contributed by atoms with Crippen molar-refractivity contribution in [2.75, 3.05) is 15.4 Å². The number of fused-ring (bicyclic) bond motifs is 1. The standard InChI is InChI=1S/C18H17N3O5S/c1-10-17(23)19-15-7-6-14(9-16(15)20-18(10)24)27(25,26)21-13-5-3-4-12(8-13)11(2)22/h3-10,21H,1-2H3,(H,19,23)(H,20,24)/t10-/m0/s1. The third-order valence-electron chi connectivity index (χ3n) is 4.12. The molecule has 1 atom stereocenters. The number of amides is 2. The van der Waals surface area contributed by atoms with Crippen molar-refractivity contribution in [3.63, 3.8) is 0 Å². The Kier molecular flexibility index (Phi) is 4.71. The van der Waals surface area contributed by atoms with Crippen molar-refractivity contribution in [2.45, 2.75) is 18.7 Å². The molecule has 1 aliphatic rings. The minimum absolute atomic E-state index is 0.0985. The van der Waals surface area contributed by atoms with E-state index < -0.39 is 27.8 Å². The Balaban J connectivity index is 1.93. The molecule has 2 amide bonds. The number of rotatable bonds is 4. The van der Waals surface area contributed by atoms with Gasteiger partial charge in [0.05, 0.1) is 16.3 Å². The second-order valence-electron chi connectivity index (χ2n) is 6.15. The maximum absolute atomic E-state index is 12.7. The molecular weight excluding hydrogens is 370 g/mol. The monoisotopic (exact) mass is 387 g/mol. The van der Waals surface area contributed by atoms with Gasteiger partial charge < -0.3 is 10.6 Å². The van der Waals surface area contributed by atoms with Gasteiger partial charge in [0.15, 0.2) is 5.78 Å². The van der Waals surface area contributed by atoms with E-state index in [9.17, 15) is 22.8 Å². The highest BCUT2D eigenvalue weighted by molar-refractivity contribution is 7.92. The van der Waals surface area contributed by atoms with Crippen LogP contribution in [0.3, 0.4) is 0 Å². The van der Waals surface area contributed by atoms with E-state index in [1.807, 2.05) is 0 Å². The van der Waals surface area contributed by atoms with Gasteiger partial charge >= 0.3 is 0 Å². The lowest BCUT2D eigenvalue weighted by Gasteiger charge is -2.12. The van der Waals surface area contributed by atoms with Crippen LogP contribution in [-0.4, -0.2) is 26.0 Å². The van der Waals surface area contributed by atoms with Gasteiger partial charge in [0, 0.05) is 11.3 Å². The summed E-state index contributed by atoms with van der Waals surface area (Å²) < 4.78 is 27.7. The van der Waals surface area contributed by atoms with Crippen LogP contribution in [0.2, 0.25) is 0 Å². The molecule has 0 saturated carbocycles. The molecule has 0 fully saturated rings. The van der Waals surface area contributed by atoms with Crippen molar-refractivity contribution in [3.8, 4) is 0 Å². The van der Waals surface area contributed by atoms with E-state index in [2.05, 4.69) is 15.4 Å². The van der Waals surface area contributed by atoms with Crippen LogP contribution in [0.5, 0.6) is 0 Å². The van der Waals surface area contributed by atoms with Crippen molar-refractivity contribution in [1.29, 1.82) is 0 Å². The van der Waals surface area contributed by atoms with Gasteiger partial charge in [-0.2, -0.15) is 0 Å². The summed E-state index contributed by atoms with van der Waals surface area (Å²) in [5, 5.41) is 5.12. The lowest BCUT2D eigenvalue weighted by Crippen LogP contribution is -2.28. The van der Waals surface area contributed by atoms with Gasteiger partial charge in [0.2, 0.25) is 11.8 Å². The number of Topliss-reactive ketones (excluding diaryl/α,β-unsaturated/α-hetero) is 1. The third kappa shape index (κ3) is 3.82. The van der Waals surface area contributed by atoms with Gasteiger partial charge in [-0.1, -0.05) is 12.1 Å². The smallest absolute Gasteiger partial charge is 0.261 e. The SMILES string of the molecule is CC(=O)c1cccc(NS(=O)(=O)c2ccc3c(c2)NC(=O)[C@@H](C)C(=O)N3)c1. The number of nitrogens with one attached hydrogen (secondary N) is 3. The Bertz CT molecular complexity index is 1060. The first-order valence-corrected chi connectivity index (χ1v) is 9.55. The molecular formula is C18H17N3O5S. The van der Waals surface area contributed by atoms with Crippen molar-refractivity contribution >= 4 is 44.7 Å². The van der Waals surface area contributed by atoms with E-state index in [-0.39, 0.29) is 22.1 Å². The van der Waals surface area contributed by atoms with E-state index in [0.717, 1.165) is 0 Å². The van der Waals surface area contributed by atoms with Crippen LogP contribution >= 0.6 is 0 Å². The molecule has 1 aliphatic heterocycles. The molecule has 0 saturated heterocycles. The number of carbonyl (C=O) groups excluding carboxylic acids is 3. The van der Waals surface area contributed by atoms with Gasteiger partial charge in [-0.3, -0.25) is 19.1 Å². The highest BCUT2D eigenvalue weighted by Crippen LogP contribution is 2.29. The maximum Gasteiger partial charge on any atom is 0.261 e. The molecule has 8 nitrogen and oxygen atoms in total. The van der Waals surface area contributed by atoms with E-state index >= 15 is 0 Å². The highest BCUT2D eigenvalue weighted by Gasteiger charge is 2.28. The summed E-state index contributed by atoms with van der Waals surface area (Å²) in [4.78, 5) is 35.2. The second kappa shape index (κ2) is 6.84. The fourth-order valence-electron chi connectivity index (χ4n) is 2.52. The van der Waals surface area contributed by atoms with Crippen LogP contribution in [0, 0.1) is 5.92 Å². The summed E-state index contributed by atoms with van der Waals surface area (Å²) in [6.45, 7) is 2.84. The first-order chi connectivity index (χ1) is 12.7. The fourth-order valence-corrected chi connectivity index (χ4v) is 3.60. The number of anilines is 3. The van der Waals surface area contributed by atoms with Gasteiger partial charge in [-0.15, -0.1) is 0 Å². The Morgan fingerprint density at radius 2 is 1.67 bits per heavy atom. The molecule has 0 unspecified atom stereocenters. The van der Waals surface area contributed by atoms with Crippen LogP contribution in [0.4, 0.5) is 17.1 Å². The van der Waals surface area contributed by atoms with E-state index in [0.29, 0.717) is 11.3 Å². The fraction of sp³-hybridized carbons (Fsp3) is 0.167. The van der Waals surface area contributed by atoms with Crippen molar-refractivity contribution in [2.24, 2.45) is 5.92 Å². The highest BCUT2D eigenvalue weighted by atomic mass is 32.2. The number of ketones is 1. The minimum Gasteiger partial charge on any atom is -0.324 e. The Hall–Kier alpha value is -3.20. The molecule has 27 heavy (non-hydrogen) atoms. The molecule has 0 radical (unpaired) electrons. The molecule has 0 spiro atoms. The lowest BCUT2D eigenvalue weighted by atomic mass is 10.1. The third-order valence-corrected chi connectivity index (χ3v) is 5.50. The average Bonchev–Trinajstić information content (AvgIpc) is 2.71. The molecule has 140 valence electrons. The molecule has 2 aromatic rings. The Labute approximate surface area is 156 Å². The molecule has 1 heterocycles. The molecule has 2 aromatic carbocycles. The number of sulfonamides is 1. The molecule has 0 aliphatic carbocycles. The predicted molar refractivity (Wildman–Crippen MR) is 100 cm³/mol. The van der Waals surface area contributed by atoms with Crippen molar-refractivity contribution in [3.05, 3.63) is 48.0 Å². The van der Waals surface area contributed by atoms with Gasteiger partial charge in [-0.05, 0) is 44.2 Å². The minimum atomic E-state index is -3.97. The number of benzene rings is 2. The summed E-state index contributed by atoms with van der Waals surface area (Å²) in [7, 11) is -3.97. The zero-order chi connectivity index (χ0) is 19.8. The van der Waals surface area contributed by atoms with Crippen LogP contribution in [-0.2, 0) is 19.6 Å². The summed E-state index contributed by atoms with van der Waals surface area (Å²) in [6.07, 6.45) is 0. The van der Waals surface area contributed by atoms with E-state index in [4.69, 9.17) is 0 Å². The summed E-state index contributed by atoms with van der Waals surface area (Å²) in [5.74, 6) is -2.08. The molecule has 3 rings (SSSR count). The maximum atomic E-state index is 12.7. The van der Waals surface area contributed by atoms with E-state index in [1.54, 1.807) is 12.1 Å². The van der Waals surface area contributed by atoms with Crippen LogP contribution < -0.4 is 15.4 Å². The molecule has 9 heteroatoms. The summed E-state index contributed by atoms with van der Waals surface area (Å²) >= 11 is 0. The number of hydrogen-bond acceptors (Lipinski definition) is 5. The van der Waals surface area contributed by atoms with E-state index in [1.165, 1.54) is 44.2 Å². The van der Waals surface area contributed by atoms with Gasteiger partial charge in [0.1, 0.15) is 5.92 Å². The Morgan fingerprint density at radius 3 is 2.33 bits per heavy atom. The van der Waals surface area contributed by atoms with Gasteiger partial charge in [-0.25, -0.2) is 8.42 Å². The zero-order valence-corrected chi connectivity index (χ0v) is 15.4. The van der Waals surface area contributed by atoms with Crippen LogP contribution in [0.15, 0.2) is 47.4 Å². The summed E-state index contributed by atoms with van der Waals surface area (Å²) in [6, 6.07) is 10.1. The summed E-state index contributed by atoms with van der Waals surface area (Å²) in [5.41, 5.74) is 1.12. The zero-order valence-electron chi connectivity index (χ0n) is 14.6. The van der Waals surface area contributed by atoms with Crippen LogP contribution in [0.25, 0.3) is 0 Å². The molecule has 0 aromatic heterocycles. The first kappa shape index (κ1) is 18.6. The number of carbonyl (C=O) groups is 3. The first-order valence-electron chi connectivity index (χ1n) is 8.07. The lowest BCUT2D eigenvalue weighted by molar-refractivity contribution is -0.128. The van der Waals surface area contributed by atoms with Gasteiger partial charge in [0.25, 0.3) is 10.0 Å². The largest absolute Gasteiger partial charge is 0.324 e. The number of hydrogen-bond donors (Lipinski definition) is 3. The topological polar surface area (TPSA) is 121 Å². The molecule has 3 N–H and O–H groups in total. The average molecular weight is 387 g/mol. The second-order valence-corrected chi connectivity index (χ2v) is 7.83. The normalized spacial score (nSPS) is 16.6. The van der Waals surface area contributed by atoms with Crippen molar-refractivity contribution < 1.29 is 22.8 Å². The van der Waals surface area contributed by atoms with Crippen molar-refractivity contribution in [1.82, 2.24) is 0 Å². The predicted octanol–water partition coefficient (Wildman–Crippen LogP) is 2.22.